The van der Waals surface area contributed by atoms with Crippen molar-refractivity contribution in [1.29, 1.82) is 0 Å². The first-order valence-corrected chi connectivity index (χ1v) is 7.26. The van der Waals surface area contributed by atoms with Crippen LogP contribution in [0.15, 0.2) is 30.0 Å². The maximum Gasteiger partial charge on any atom is 0.0954 e. The highest BCUT2D eigenvalue weighted by Gasteiger charge is 2.24. The Morgan fingerprint density at radius 3 is 2.83 bits per heavy atom. The predicted molar refractivity (Wildman–Crippen MR) is 76.8 cm³/mol. The summed E-state index contributed by atoms with van der Waals surface area (Å²) in [5, 5.41) is 2.13. The van der Waals surface area contributed by atoms with Crippen molar-refractivity contribution < 1.29 is 0 Å². The summed E-state index contributed by atoms with van der Waals surface area (Å²) in [6, 6.07) is 4.65. The number of thiophene rings is 1. The van der Waals surface area contributed by atoms with E-state index in [1.54, 1.807) is 11.3 Å². The molecule has 2 aromatic heterocycles. The van der Waals surface area contributed by atoms with E-state index in [1.165, 1.54) is 4.88 Å². The lowest BCUT2D eigenvalue weighted by Crippen LogP contribution is -2.32. The van der Waals surface area contributed by atoms with Crippen LogP contribution in [0.4, 0.5) is 0 Å². The molecule has 2 heterocycles. The second kappa shape index (κ2) is 5.24. The number of aromatic nitrogens is 2. The smallest absolute Gasteiger partial charge is 0.0954 e. The summed E-state index contributed by atoms with van der Waals surface area (Å²) in [5.74, 6) is 0. The lowest BCUT2D eigenvalue weighted by molar-refractivity contribution is 0.451. The van der Waals surface area contributed by atoms with Crippen molar-refractivity contribution in [1.82, 2.24) is 9.55 Å². The topological polar surface area (TPSA) is 43.8 Å². The fraction of sp³-hybridized carbons (Fsp3) is 0.500. The van der Waals surface area contributed by atoms with Gasteiger partial charge in [-0.1, -0.05) is 19.4 Å². The van der Waals surface area contributed by atoms with Gasteiger partial charge in [-0.2, -0.15) is 0 Å². The third-order valence-corrected chi connectivity index (χ3v) is 4.07. The summed E-state index contributed by atoms with van der Waals surface area (Å²) in [6.07, 6.45) is 6.05. The van der Waals surface area contributed by atoms with Crippen LogP contribution in [0.25, 0.3) is 0 Å². The Morgan fingerprint density at radius 1 is 1.50 bits per heavy atom. The van der Waals surface area contributed by atoms with Gasteiger partial charge in [0.25, 0.3) is 0 Å². The Labute approximate surface area is 113 Å². The molecule has 0 aromatic carbocycles. The van der Waals surface area contributed by atoms with Gasteiger partial charge in [0, 0.05) is 4.88 Å². The summed E-state index contributed by atoms with van der Waals surface area (Å²) >= 11 is 1.80. The second-order valence-corrected chi connectivity index (χ2v) is 6.21. The van der Waals surface area contributed by atoms with Crippen molar-refractivity contribution in [2.75, 3.05) is 0 Å². The highest BCUT2D eigenvalue weighted by Crippen LogP contribution is 2.31. The van der Waals surface area contributed by atoms with E-state index in [4.69, 9.17) is 5.73 Å². The number of hydrogen-bond donors (Lipinski definition) is 1. The largest absolute Gasteiger partial charge is 0.325 e. The standard InChI is InChI=1S/C14H21N3S/c1-4-6-11(12-7-5-8-18-12)17-10-16-9-13(17)14(2,3)15/h5,7-11H,4,6,15H2,1-3H3. The van der Waals surface area contributed by atoms with Crippen LogP contribution in [0.2, 0.25) is 0 Å². The molecule has 0 fully saturated rings. The van der Waals surface area contributed by atoms with Gasteiger partial charge in [-0.3, -0.25) is 0 Å². The fourth-order valence-corrected chi connectivity index (χ4v) is 3.08. The van der Waals surface area contributed by atoms with E-state index in [0.29, 0.717) is 6.04 Å². The van der Waals surface area contributed by atoms with Crippen LogP contribution in [0, 0.1) is 0 Å². The van der Waals surface area contributed by atoms with E-state index in [9.17, 15) is 0 Å². The van der Waals surface area contributed by atoms with Crippen LogP contribution in [0.5, 0.6) is 0 Å². The van der Waals surface area contributed by atoms with Crippen molar-refractivity contribution in [3.05, 3.63) is 40.6 Å². The van der Waals surface area contributed by atoms with Gasteiger partial charge in [0.05, 0.1) is 29.8 Å². The molecule has 0 aliphatic carbocycles. The van der Waals surface area contributed by atoms with Crippen molar-refractivity contribution in [3.8, 4) is 0 Å². The molecule has 2 aromatic rings. The SMILES string of the molecule is CCCC(c1cccs1)n1cncc1C(C)(C)N. The lowest BCUT2D eigenvalue weighted by Gasteiger charge is -2.26. The van der Waals surface area contributed by atoms with Crippen LogP contribution < -0.4 is 5.73 Å². The number of nitrogens with zero attached hydrogens (tertiary/aromatic N) is 2. The van der Waals surface area contributed by atoms with E-state index in [0.717, 1.165) is 18.5 Å². The van der Waals surface area contributed by atoms with E-state index < -0.39 is 0 Å². The molecule has 0 radical (unpaired) electrons. The first-order chi connectivity index (χ1) is 8.54. The zero-order valence-electron chi connectivity index (χ0n) is 11.3. The van der Waals surface area contributed by atoms with Crippen molar-refractivity contribution in [3.63, 3.8) is 0 Å². The van der Waals surface area contributed by atoms with Gasteiger partial charge < -0.3 is 10.3 Å². The molecule has 3 nitrogen and oxygen atoms in total. The minimum atomic E-state index is -0.361. The number of nitrogens with two attached hydrogens (primary N) is 1. The van der Waals surface area contributed by atoms with Crippen LogP contribution in [0.1, 0.15) is 50.2 Å². The number of rotatable bonds is 5. The van der Waals surface area contributed by atoms with Crippen LogP contribution in [-0.2, 0) is 5.54 Å². The van der Waals surface area contributed by atoms with Gasteiger partial charge in [0.15, 0.2) is 0 Å². The first-order valence-electron chi connectivity index (χ1n) is 6.38. The highest BCUT2D eigenvalue weighted by atomic mass is 32.1. The molecule has 98 valence electrons. The number of imidazole rings is 1. The normalized spacial score (nSPS) is 13.8. The Hall–Kier alpha value is -1.13. The van der Waals surface area contributed by atoms with Crippen LogP contribution in [-0.4, -0.2) is 9.55 Å². The molecule has 4 heteroatoms. The monoisotopic (exact) mass is 263 g/mol. The molecular formula is C14H21N3S. The van der Waals surface area contributed by atoms with Gasteiger partial charge in [-0.15, -0.1) is 11.3 Å². The van der Waals surface area contributed by atoms with E-state index in [-0.39, 0.29) is 5.54 Å². The highest BCUT2D eigenvalue weighted by molar-refractivity contribution is 7.10. The maximum atomic E-state index is 6.23. The van der Waals surface area contributed by atoms with E-state index >= 15 is 0 Å². The summed E-state index contributed by atoms with van der Waals surface area (Å²) in [4.78, 5) is 5.66. The second-order valence-electron chi connectivity index (χ2n) is 5.23. The number of hydrogen-bond acceptors (Lipinski definition) is 3. The minimum absolute atomic E-state index is 0.357. The Morgan fingerprint density at radius 2 is 2.28 bits per heavy atom. The van der Waals surface area contributed by atoms with Crippen molar-refractivity contribution in [2.24, 2.45) is 5.73 Å². The van der Waals surface area contributed by atoms with E-state index in [2.05, 4.69) is 34.0 Å². The van der Waals surface area contributed by atoms with Crippen LogP contribution >= 0.6 is 11.3 Å². The molecule has 0 spiro atoms. The molecule has 1 atom stereocenters. The lowest BCUT2D eigenvalue weighted by atomic mass is 10.0. The Kier molecular flexibility index (Phi) is 3.88. The van der Waals surface area contributed by atoms with Crippen LogP contribution in [0.3, 0.4) is 0 Å². The molecule has 0 aliphatic rings. The zero-order chi connectivity index (χ0) is 13.2. The molecule has 18 heavy (non-hydrogen) atoms. The zero-order valence-corrected chi connectivity index (χ0v) is 12.1. The molecular weight excluding hydrogens is 242 g/mol. The Bertz CT molecular complexity index is 479. The van der Waals surface area contributed by atoms with Crippen molar-refractivity contribution in [2.45, 2.75) is 45.2 Å². The Balaban J connectivity index is 2.41. The fourth-order valence-electron chi connectivity index (χ4n) is 2.22. The summed E-state index contributed by atoms with van der Waals surface area (Å²) in [6.45, 7) is 6.26. The molecule has 0 saturated carbocycles. The average molecular weight is 263 g/mol. The van der Waals surface area contributed by atoms with Gasteiger partial charge >= 0.3 is 0 Å². The van der Waals surface area contributed by atoms with Gasteiger partial charge in [0.1, 0.15) is 0 Å². The molecule has 0 amide bonds. The molecule has 0 aliphatic heterocycles. The molecule has 2 rings (SSSR count). The molecule has 2 N–H and O–H groups in total. The van der Waals surface area contributed by atoms with Gasteiger partial charge in [0.2, 0.25) is 0 Å². The maximum absolute atomic E-state index is 6.23. The third kappa shape index (κ3) is 2.65. The predicted octanol–water partition coefficient (Wildman–Crippen LogP) is 3.53. The average Bonchev–Trinajstić information content (AvgIpc) is 2.96. The van der Waals surface area contributed by atoms with E-state index in [1.807, 2.05) is 26.4 Å². The third-order valence-electron chi connectivity index (χ3n) is 3.10. The quantitative estimate of drug-likeness (QED) is 0.897. The van der Waals surface area contributed by atoms with Crippen molar-refractivity contribution >= 4 is 11.3 Å². The van der Waals surface area contributed by atoms with Gasteiger partial charge in [-0.05, 0) is 31.7 Å². The molecule has 0 bridgehead atoms. The van der Waals surface area contributed by atoms with Gasteiger partial charge in [-0.25, -0.2) is 4.98 Å². The molecule has 0 saturated heterocycles. The summed E-state index contributed by atoms with van der Waals surface area (Å²) in [7, 11) is 0. The first kappa shape index (κ1) is 13.3. The molecule has 1 unspecified atom stereocenters. The minimum Gasteiger partial charge on any atom is -0.325 e. The summed E-state index contributed by atoms with van der Waals surface area (Å²) in [5.41, 5.74) is 6.96. The summed E-state index contributed by atoms with van der Waals surface area (Å²) < 4.78 is 2.23.